The highest BCUT2D eigenvalue weighted by atomic mass is 19.1. The number of aromatic nitrogens is 2. The zero-order valence-corrected chi connectivity index (χ0v) is 13.8. The lowest BCUT2D eigenvalue weighted by molar-refractivity contribution is 0.427. The fourth-order valence-corrected chi connectivity index (χ4v) is 3.04. The number of aryl methyl sites for hydroxylation is 2. The highest BCUT2D eigenvalue weighted by molar-refractivity contribution is 6.01. The van der Waals surface area contributed by atoms with Crippen LogP contribution in [0.1, 0.15) is 11.3 Å². The van der Waals surface area contributed by atoms with Gasteiger partial charge in [-0.3, -0.25) is 4.79 Å². The number of benzene rings is 2. The van der Waals surface area contributed by atoms with Gasteiger partial charge in [0.25, 0.3) is 5.56 Å². The molecule has 0 aliphatic carbocycles. The Hall–Kier alpha value is -3.21. The molecule has 2 aromatic carbocycles. The Balaban J connectivity index is 2.16. The Kier molecular flexibility index (Phi) is 3.50. The maximum atomic E-state index is 13.4. The summed E-state index contributed by atoms with van der Waals surface area (Å²) in [5.41, 5.74) is 4.03. The van der Waals surface area contributed by atoms with Crippen molar-refractivity contribution in [2.24, 2.45) is 0 Å². The van der Waals surface area contributed by atoms with Crippen molar-refractivity contribution < 1.29 is 8.91 Å². The van der Waals surface area contributed by atoms with Crippen LogP contribution < -0.4 is 5.56 Å². The second kappa shape index (κ2) is 5.70. The topological polar surface area (TPSA) is 58.9 Å². The zero-order chi connectivity index (χ0) is 17.6. The summed E-state index contributed by atoms with van der Waals surface area (Å²) in [7, 11) is 0. The zero-order valence-electron chi connectivity index (χ0n) is 13.8. The van der Waals surface area contributed by atoms with Gasteiger partial charge in [0.05, 0.1) is 11.3 Å². The van der Waals surface area contributed by atoms with Crippen LogP contribution in [0.25, 0.3) is 33.4 Å². The van der Waals surface area contributed by atoms with Gasteiger partial charge in [-0.05, 0) is 43.7 Å². The summed E-state index contributed by atoms with van der Waals surface area (Å²) >= 11 is 0. The molecular weight excluding hydrogens is 319 g/mol. The number of H-pyrrole nitrogens is 1. The molecule has 2 aromatic heterocycles. The lowest BCUT2D eigenvalue weighted by Gasteiger charge is -2.12. The minimum Gasteiger partial charge on any atom is -0.356 e. The number of pyridine rings is 1. The third-order valence-corrected chi connectivity index (χ3v) is 4.18. The second-order valence-electron chi connectivity index (χ2n) is 6.09. The van der Waals surface area contributed by atoms with Gasteiger partial charge in [0.15, 0.2) is 5.76 Å². The van der Waals surface area contributed by atoms with Gasteiger partial charge in [-0.1, -0.05) is 28.9 Å². The average Bonchev–Trinajstić information content (AvgIpc) is 3.01. The van der Waals surface area contributed by atoms with Crippen LogP contribution in [0.3, 0.4) is 0 Å². The van der Waals surface area contributed by atoms with Crippen LogP contribution in [-0.4, -0.2) is 10.1 Å². The van der Waals surface area contributed by atoms with E-state index in [1.807, 2.05) is 25.1 Å². The van der Waals surface area contributed by atoms with Crippen molar-refractivity contribution >= 4 is 10.9 Å². The number of rotatable bonds is 2. The van der Waals surface area contributed by atoms with Crippen molar-refractivity contribution in [3.63, 3.8) is 0 Å². The van der Waals surface area contributed by atoms with Gasteiger partial charge in [0.1, 0.15) is 5.82 Å². The third-order valence-electron chi connectivity index (χ3n) is 4.18. The summed E-state index contributed by atoms with van der Waals surface area (Å²) in [5, 5.41) is 4.76. The summed E-state index contributed by atoms with van der Waals surface area (Å²) in [6.07, 6.45) is 0. The normalized spacial score (nSPS) is 11.2. The molecule has 5 heteroatoms. The number of nitrogens with one attached hydrogen (secondary N) is 1. The predicted molar refractivity (Wildman–Crippen MR) is 94.9 cm³/mol. The van der Waals surface area contributed by atoms with Crippen LogP contribution in [0.15, 0.2) is 57.8 Å². The van der Waals surface area contributed by atoms with E-state index in [-0.39, 0.29) is 11.4 Å². The Bertz CT molecular complexity index is 1140. The van der Waals surface area contributed by atoms with Crippen LogP contribution in [0, 0.1) is 19.7 Å². The molecule has 0 fully saturated rings. The van der Waals surface area contributed by atoms with Gasteiger partial charge >= 0.3 is 0 Å². The average molecular weight is 334 g/mol. The largest absolute Gasteiger partial charge is 0.356 e. The van der Waals surface area contributed by atoms with E-state index < -0.39 is 0 Å². The molecule has 0 unspecified atom stereocenters. The molecule has 0 spiro atoms. The van der Waals surface area contributed by atoms with Gasteiger partial charge in [-0.15, -0.1) is 0 Å². The van der Waals surface area contributed by atoms with Crippen LogP contribution >= 0.6 is 0 Å². The molecule has 0 radical (unpaired) electrons. The number of nitrogens with zero attached hydrogens (tertiary/aromatic N) is 1. The molecule has 4 rings (SSSR count). The van der Waals surface area contributed by atoms with E-state index in [1.165, 1.54) is 12.1 Å². The van der Waals surface area contributed by atoms with E-state index in [9.17, 15) is 9.18 Å². The summed E-state index contributed by atoms with van der Waals surface area (Å²) < 4.78 is 18.7. The molecule has 124 valence electrons. The number of hydrogen-bond donors (Lipinski definition) is 1. The Morgan fingerprint density at radius 1 is 1.00 bits per heavy atom. The first kappa shape index (κ1) is 15.3. The van der Waals surface area contributed by atoms with E-state index in [1.54, 1.807) is 25.1 Å². The highest BCUT2D eigenvalue weighted by Crippen LogP contribution is 2.35. The van der Waals surface area contributed by atoms with Crippen LogP contribution in [0.2, 0.25) is 0 Å². The summed E-state index contributed by atoms with van der Waals surface area (Å²) in [6.45, 7) is 3.78. The molecule has 4 aromatic rings. The minimum atomic E-state index is -0.328. The van der Waals surface area contributed by atoms with Gasteiger partial charge in [0, 0.05) is 22.5 Å². The molecule has 1 N–H and O–H groups in total. The molecule has 0 amide bonds. The van der Waals surface area contributed by atoms with E-state index in [4.69, 9.17) is 4.52 Å². The summed E-state index contributed by atoms with van der Waals surface area (Å²) in [6, 6.07) is 13.6. The van der Waals surface area contributed by atoms with Crippen molar-refractivity contribution in [3.05, 3.63) is 76.0 Å². The first-order chi connectivity index (χ1) is 12.0. The fourth-order valence-electron chi connectivity index (χ4n) is 3.04. The molecule has 4 nitrogen and oxygen atoms in total. The first-order valence-electron chi connectivity index (χ1n) is 7.89. The van der Waals surface area contributed by atoms with Crippen molar-refractivity contribution in [3.8, 4) is 22.5 Å². The first-order valence-corrected chi connectivity index (χ1v) is 7.89. The maximum Gasteiger partial charge on any atom is 0.260 e. The van der Waals surface area contributed by atoms with Crippen LogP contribution in [0.5, 0.6) is 0 Å². The predicted octanol–water partition coefficient (Wildman–Crippen LogP) is 4.61. The third kappa shape index (κ3) is 2.63. The van der Waals surface area contributed by atoms with E-state index in [0.717, 1.165) is 22.0 Å². The van der Waals surface area contributed by atoms with Gasteiger partial charge < -0.3 is 9.51 Å². The molecule has 25 heavy (non-hydrogen) atoms. The van der Waals surface area contributed by atoms with Gasteiger partial charge in [-0.2, -0.15) is 0 Å². The van der Waals surface area contributed by atoms with E-state index >= 15 is 0 Å². The smallest absolute Gasteiger partial charge is 0.260 e. The Labute approximate surface area is 142 Å². The molecular formula is C20H15FN2O2. The summed E-state index contributed by atoms with van der Waals surface area (Å²) in [4.78, 5) is 15.7. The molecule has 0 atom stereocenters. The minimum absolute atomic E-state index is 0.271. The van der Waals surface area contributed by atoms with Gasteiger partial charge in [0.2, 0.25) is 0 Å². The monoisotopic (exact) mass is 334 g/mol. The molecule has 2 heterocycles. The SMILES string of the molecule is Cc1ccc2[nH]c(=O)c(-c3cc(C)no3)c(-c3ccc(F)cc3)c2c1. The van der Waals surface area contributed by atoms with Gasteiger partial charge in [-0.25, -0.2) is 4.39 Å². The standard InChI is InChI=1S/C20H15FN2O2/c1-11-3-8-16-15(9-11)18(13-4-6-14(21)7-5-13)19(20(24)22-16)17-10-12(2)23-25-17/h3-10H,1-2H3,(H,22,24). The molecule has 0 saturated carbocycles. The van der Waals surface area contributed by atoms with E-state index in [2.05, 4.69) is 10.1 Å². The summed E-state index contributed by atoms with van der Waals surface area (Å²) in [5.74, 6) is 0.0626. The van der Waals surface area contributed by atoms with Crippen molar-refractivity contribution in [1.29, 1.82) is 0 Å². The van der Waals surface area contributed by atoms with Crippen molar-refractivity contribution in [1.82, 2.24) is 10.1 Å². The Morgan fingerprint density at radius 3 is 2.44 bits per heavy atom. The number of halogens is 1. The lowest BCUT2D eigenvalue weighted by Crippen LogP contribution is -2.11. The second-order valence-corrected chi connectivity index (χ2v) is 6.09. The van der Waals surface area contributed by atoms with Crippen molar-refractivity contribution in [2.45, 2.75) is 13.8 Å². The molecule has 0 aliphatic heterocycles. The molecule has 0 bridgehead atoms. The molecule has 0 aliphatic rings. The number of fused-ring (bicyclic) bond motifs is 1. The number of aromatic amines is 1. The Morgan fingerprint density at radius 2 is 1.76 bits per heavy atom. The van der Waals surface area contributed by atoms with Crippen LogP contribution in [0.4, 0.5) is 4.39 Å². The fraction of sp³-hybridized carbons (Fsp3) is 0.100. The van der Waals surface area contributed by atoms with E-state index in [0.29, 0.717) is 22.6 Å². The quantitative estimate of drug-likeness (QED) is 0.582. The molecule has 0 saturated heterocycles. The maximum absolute atomic E-state index is 13.4. The lowest BCUT2D eigenvalue weighted by atomic mass is 9.94. The highest BCUT2D eigenvalue weighted by Gasteiger charge is 2.19. The van der Waals surface area contributed by atoms with Crippen LogP contribution in [-0.2, 0) is 0 Å². The number of hydrogen-bond acceptors (Lipinski definition) is 3. The van der Waals surface area contributed by atoms with Crippen molar-refractivity contribution in [2.75, 3.05) is 0 Å².